The van der Waals surface area contributed by atoms with Gasteiger partial charge in [0.25, 0.3) is 0 Å². The molecule has 1 saturated heterocycles. The highest BCUT2D eigenvalue weighted by Gasteiger charge is 2.20. The summed E-state index contributed by atoms with van der Waals surface area (Å²) in [5.74, 6) is 3.25. The highest BCUT2D eigenvalue weighted by molar-refractivity contribution is 7.98. The molecule has 1 aromatic heterocycles. The fourth-order valence-electron chi connectivity index (χ4n) is 4.06. The smallest absolute Gasteiger partial charge is 0.508 e. The molecule has 1 aliphatic rings. The number of aromatic amines is 1. The first-order valence-electron chi connectivity index (χ1n) is 10.2. The average Bonchev–Trinajstić information content (AvgIpc) is 3.14. The predicted molar refractivity (Wildman–Crippen MR) is 120 cm³/mol. The molecule has 0 atom stereocenters. The van der Waals surface area contributed by atoms with Crippen LogP contribution >= 0.6 is 11.8 Å². The fraction of sp³-hybridized carbons (Fsp3) is 0.348. The van der Waals surface area contributed by atoms with Crippen molar-refractivity contribution < 1.29 is 19.7 Å². The van der Waals surface area contributed by atoms with Crippen molar-refractivity contribution in [2.45, 2.75) is 24.5 Å². The number of likely N-dealkylation sites (tertiary alicyclic amines) is 1. The van der Waals surface area contributed by atoms with Gasteiger partial charge in [-0.3, -0.25) is 0 Å². The van der Waals surface area contributed by atoms with Gasteiger partial charge < -0.3 is 24.8 Å². The zero-order valence-electron chi connectivity index (χ0n) is 16.7. The molecule has 0 aliphatic carbocycles. The molecule has 1 aliphatic heterocycles. The van der Waals surface area contributed by atoms with E-state index >= 15 is 0 Å². The first-order chi connectivity index (χ1) is 14.6. The Morgan fingerprint density at radius 2 is 1.93 bits per heavy atom. The lowest BCUT2D eigenvalue weighted by molar-refractivity contribution is 0.144. The van der Waals surface area contributed by atoms with Crippen molar-refractivity contribution in [3.05, 3.63) is 59.8 Å². The number of nitrogens with zero attached hydrogens (tertiary/aromatic N) is 1. The minimum atomic E-state index is -1.30. The topological polar surface area (TPSA) is 85.8 Å². The van der Waals surface area contributed by atoms with Crippen LogP contribution in [0.4, 0.5) is 4.79 Å². The second-order valence-electron chi connectivity index (χ2n) is 7.65. The molecule has 0 amide bonds. The summed E-state index contributed by atoms with van der Waals surface area (Å²) in [6, 6.07) is 13.0. The zero-order valence-corrected chi connectivity index (χ0v) is 17.5. The van der Waals surface area contributed by atoms with Crippen molar-refractivity contribution >= 4 is 28.8 Å². The molecule has 30 heavy (non-hydrogen) atoms. The Kier molecular flexibility index (Phi) is 6.50. The van der Waals surface area contributed by atoms with Crippen LogP contribution in [0.3, 0.4) is 0 Å². The summed E-state index contributed by atoms with van der Waals surface area (Å²) in [5.41, 5.74) is 3.45. The summed E-state index contributed by atoms with van der Waals surface area (Å²) in [5, 5.41) is 19.3. The molecule has 0 bridgehead atoms. The monoisotopic (exact) mass is 426 g/mol. The largest absolute Gasteiger partial charge is 0.511 e. The number of H-pyrrole nitrogens is 1. The lowest BCUT2D eigenvalue weighted by Gasteiger charge is -2.32. The van der Waals surface area contributed by atoms with Gasteiger partial charge in [-0.05, 0) is 67.2 Å². The molecule has 3 N–H and O–H groups in total. The van der Waals surface area contributed by atoms with Crippen LogP contribution in [0.1, 0.15) is 29.9 Å². The number of nitrogens with one attached hydrogen (secondary N) is 1. The van der Waals surface area contributed by atoms with Crippen LogP contribution in [-0.2, 0) is 5.75 Å². The van der Waals surface area contributed by atoms with Gasteiger partial charge in [0.2, 0.25) is 0 Å². The number of hydrogen-bond donors (Lipinski definition) is 3. The minimum absolute atomic E-state index is 0.326. The first-order valence-corrected chi connectivity index (χ1v) is 11.3. The van der Waals surface area contributed by atoms with Crippen molar-refractivity contribution in [2.75, 3.05) is 25.4 Å². The molecule has 6 nitrogen and oxygen atoms in total. The van der Waals surface area contributed by atoms with E-state index in [0.717, 1.165) is 42.0 Å². The number of fused-ring (bicyclic) bond motifs is 1. The third-order valence-electron chi connectivity index (χ3n) is 5.71. The molecule has 1 fully saturated rings. The van der Waals surface area contributed by atoms with Gasteiger partial charge in [-0.2, -0.15) is 11.8 Å². The second-order valence-corrected chi connectivity index (χ2v) is 8.75. The molecule has 3 aromatic rings. The van der Waals surface area contributed by atoms with Gasteiger partial charge in [0, 0.05) is 41.2 Å². The van der Waals surface area contributed by atoms with Crippen LogP contribution in [0, 0.1) is 0 Å². The SMILES string of the molecule is O=C(O)Oc1ccc2c(CSCCN3CCC(c4ccc(O)cc4)CC3)c[nH]c2c1. The Labute approximate surface area is 179 Å². The van der Waals surface area contributed by atoms with Gasteiger partial charge >= 0.3 is 6.16 Å². The molecule has 2 heterocycles. The maximum absolute atomic E-state index is 10.7. The molecule has 0 spiro atoms. The summed E-state index contributed by atoms with van der Waals surface area (Å²) in [4.78, 5) is 16.4. The van der Waals surface area contributed by atoms with E-state index in [4.69, 9.17) is 9.84 Å². The van der Waals surface area contributed by atoms with Crippen LogP contribution in [0.15, 0.2) is 48.7 Å². The number of ether oxygens (including phenoxy) is 1. The Balaban J connectivity index is 1.21. The molecule has 2 aromatic carbocycles. The Morgan fingerprint density at radius 3 is 2.67 bits per heavy atom. The van der Waals surface area contributed by atoms with E-state index in [1.807, 2.05) is 36.2 Å². The Morgan fingerprint density at radius 1 is 1.17 bits per heavy atom. The number of thioether (sulfide) groups is 1. The van der Waals surface area contributed by atoms with Gasteiger partial charge in [0.1, 0.15) is 11.5 Å². The first kappa shape index (κ1) is 20.6. The van der Waals surface area contributed by atoms with Gasteiger partial charge in [-0.25, -0.2) is 4.79 Å². The third kappa shape index (κ3) is 5.09. The van der Waals surface area contributed by atoms with Crippen LogP contribution < -0.4 is 4.74 Å². The number of aromatic hydroxyl groups is 1. The summed E-state index contributed by atoms with van der Waals surface area (Å²) < 4.78 is 4.71. The quantitative estimate of drug-likeness (QED) is 0.279. The summed E-state index contributed by atoms with van der Waals surface area (Å²) in [6.07, 6.45) is 3.02. The normalized spacial score (nSPS) is 15.5. The van der Waals surface area contributed by atoms with Crippen LogP contribution in [0.5, 0.6) is 11.5 Å². The highest BCUT2D eigenvalue weighted by Crippen LogP contribution is 2.30. The fourth-order valence-corrected chi connectivity index (χ4v) is 5.05. The standard InChI is InChI=1S/C23H26N2O4S/c26-19-3-1-16(2-4-19)17-7-9-25(10-8-17)11-12-30-15-18-14-24-22-13-20(29-23(27)28)5-6-21(18)22/h1-6,13-14,17,24,26H,7-12,15H2,(H,27,28). The predicted octanol–water partition coefficient (Wildman–Crippen LogP) is 5.04. The van der Waals surface area contributed by atoms with E-state index in [-0.39, 0.29) is 0 Å². The number of carbonyl (C=O) groups is 1. The molecular formula is C23H26N2O4S. The van der Waals surface area contributed by atoms with Gasteiger partial charge in [-0.1, -0.05) is 12.1 Å². The third-order valence-corrected chi connectivity index (χ3v) is 6.69. The molecule has 158 valence electrons. The number of aromatic nitrogens is 1. The number of carboxylic acid groups (broad SMARTS) is 1. The van der Waals surface area contributed by atoms with E-state index < -0.39 is 6.16 Å². The zero-order chi connectivity index (χ0) is 20.9. The Bertz CT molecular complexity index is 994. The number of hydrogen-bond acceptors (Lipinski definition) is 5. The lowest BCUT2D eigenvalue weighted by atomic mass is 9.89. The van der Waals surface area contributed by atoms with Gasteiger partial charge in [0.15, 0.2) is 0 Å². The van der Waals surface area contributed by atoms with Crippen molar-refractivity contribution in [2.24, 2.45) is 0 Å². The van der Waals surface area contributed by atoms with Crippen molar-refractivity contribution in [1.82, 2.24) is 9.88 Å². The molecule has 0 saturated carbocycles. The van der Waals surface area contributed by atoms with Crippen LogP contribution in [0.2, 0.25) is 0 Å². The number of phenols is 1. The molecule has 0 radical (unpaired) electrons. The van der Waals surface area contributed by atoms with Gasteiger partial charge in [0.05, 0.1) is 0 Å². The lowest BCUT2D eigenvalue weighted by Crippen LogP contribution is -2.34. The summed E-state index contributed by atoms with van der Waals surface area (Å²) >= 11 is 1.92. The second kappa shape index (κ2) is 9.45. The summed E-state index contributed by atoms with van der Waals surface area (Å²) in [7, 11) is 0. The van der Waals surface area contributed by atoms with E-state index in [0.29, 0.717) is 17.4 Å². The maximum atomic E-state index is 10.7. The molecular weight excluding hydrogens is 400 g/mol. The average molecular weight is 427 g/mol. The number of piperidine rings is 1. The number of rotatable bonds is 7. The highest BCUT2D eigenvalue weighted by atomic mass is 32.2. The Hall–Kier alpha value is -2.64. The minimum Gasteiger partial charge on any atom is -0.508 e. The maximum Gasteiger partial charge on any atom is 0.511 e. The van der Waals surface area contributed by atoms with Crippen LogP contribution in [0.25, 0.3) is 10.9 Å². The number of phenolic OH excluding ortho intramolecular Hbond substituents is 1. The van der Waals surface area contributed by atoms with Crippen molar-refractivity contribution in [3.63, 3.8) is 0 Å². The van der Waals surface area contributed by atoms with E-state index in [2.05, 4.69) is 9.88 Å². The summed E-state index contributed by atoms with van der Waals surface area (Å²) in [6.45, 7) is 3.32. The number of benzene rings is 2. The molecule has 4 rings (SSSR count). The van der Waals surface area contributed by atoms with E-state index in [1.54, 1.807) is 24.3 Å². The van der Waals surface area contributed by atoms with Gasteiger partial charge in [-0.15, -0.1) is 0 Å². The van der Waals surface area contributed by atoms with Crippen molar-refractivity contribution in [1.29, 1.82) is 0 Å². The molecule has 7 heteroatoms. The van der Waals surface area contributed by atoms with E-state index in [9.17, 15) is 9.90 Å². The van der Waals surface area contributed by atoms with E-state index in [1.165, 1.54) is 24.0 Å². The molecule has 0 unspecified atom stereocenters. The van der Waals surface area contributed by atoms with Crippen LogP contribution in [-0.4, -0.2) is 51.6 Å². The van der Waals surface area contributed by atoms with Crippen molar-refractivity contribution in [3.8, 4) is 11.5 Å².